The van der Waals surface area contributed by atoms with Crippen molar-refractivity contribution in [1.82, 2.24) is 0 Å². The van der Waals surface area contributed by atoms with E-state index < -0.39 is 7.74 Å². The molecule has 0 spiro atoms. The van der Waals surface area contributed by atoms with Gasteiger partial charge in [0.15, 0.2) is 0 Å². The van der Waals surface area contributed by atoms with Crippen LogP contribution >= 0.6 is 7.74 Å². The van der Waals surface area contributed by atoms with E-state index in [0.29, 0.717) is 28.7 Å². The van der Waals surface area contributed by atoms with Gasteiger partial charge in [0.2, 0.25) is 0 Å². The van der Waals surface area contributed by atoms with E-state index in [1.54, 1.807) is 0 Å². The van der Waals surface area contributed by atoms with Crippen LogP contribution in [0.15, 0.2) is 91.0 Å². The van der Waals surface area contributed by atoms with Gasteiger partial charge in [-0.2, -0.15) is 0 Å². The Bertz CT molecular complexity index is 1540. The molecule has 0 aliphatic carbocycles. The molecule has 0 fully saturated rings. The predicted octanol–water partition coefficient (Wildman–Crippen LogP) is 9.83. The first-order chi connectivity index (χ1) is 19.2. The molecule has 5 aromatic rings. The summed E-state index contributed by atoms with van der Waals surface area (Å²) in [4.78, 5) is 0. The molecule has 0 N–H and O–H groups in total. The molecule has 5 aromatic carbocycles. The summed E-state index contributed by atoms with van der Waals surface area (Å²) >= 11 is 0. The van der Waals surface area contributed by atoms with Crippen molar-refractivity contribution < 1.29 is 22.6 Å². The van der Waals surface area contributed by atoms with E-state index in [2.05, 4.69) is 0 Å². The van der Waals surface area contributed by atoms with Gasteiger partial charge in [-0.05, 0) is 0 Å². The van der Waals surface area contributed by atoms with E-state index in [1.165, 1.54) is 0 Å². The minimum absolute atomic E-state index is 0.570. The van der Waals surface area contributed by atoms with Gasteiger partial charge in [0.1, 0.15) is 0 Å². The maximum atomic E-state index is 7.05. The van der Waals surface area contributed by atoms with Crippen LogP contribution < -0.4 is 22.6 Å². The Morgan fingerprint density at radius 3 is 1.05 bits per heavy atom. The van der Waals surface area contributed by atoms with Gasteiger partial charge in [-0.25, -0.2) is 0 Å². The van der Waals surface area contributed by atoms with Gasteiger partial charge < -0.3 is 0 Å². The second-order valence-corrected chi connectivity index (χ2v) is 12.9. The van der Waals surface area contributed by atoms with E-state index in [1.807, 2.05) is 133 Å². The topological polar surface area (TPSA) is 46.2 Å². The van der Waals surface area contributed by atoms with Gasteiger partial charge in [-0.3, -0.25) is 0 Å². The number of rotatable bonds is 6. The molecule has 0 radical (unpaired) electrons. The number of benzene rings is 5. The van der Waals surface area contributed by atoms with Crippen molar-refractivity contribution in [2.45, 2.75) is 41.5 Å². The van der Waals surface area contributed by atoms with Crippen LogP contribution in [0.4, 0.5) is 0 Å². The van der Waals surface area contributed by atoms with Crippen molar-refractivity contribution in [3.8, 4) is 28.7 Å². The molecule has 0 saturated heterocycles. The third-order valence-corrected chi connectivity index (χ3v) is 9.70. The van der Waals surface area contributed by atoms with Crippen LogP contribution in [0.2, 0.25) is 0 Å². The molecule has 0 bridgehead atoms. The standard InChI is InChI=1S/C34H33O5P/c1-22-12-7-13-23(2)32(22)37-40(38-33-24(3)14-8-15-25(33)4,39-34-26(5)16-9-17-27(34)6)35-29-20-10-18-28-19-11-21-30(36-40)31(28)29/h7-21H,1-6H3. The van der Waals surface area contributed by atoms with Crippen LogP contribution in [-0.2, 0) is 0 Å². The van der Waals surface area contributed by atoms with Gasteiger partial charge in [0.05, 0.1) is 0 Å². The molecule has 1 heterocycles. The molecule has 204 valence electrons. The zero-order valence-corrected chi connectivity index (χ0v) is 24.5. The second-order valence-electron chi connectivity index (χ2n) is 10.5. The Morgan fingerprint density at radius 2 is 0.725 bits per heavy atom. The third-order valence-electron chi connectivity index (χ3n) is 7.27. The summed E-state index contributed by atoms with van der Waals surface area (Å²) in [6.45, 7) is 12.0. The van der Waals surface area contributed by atoms with Crippen molar-refractivity contribution in [3.05, 3.63) is 124 Å². The first kappa shape index (κ1) is 26.0. The zero-order valence-electron chi connectivity index (χ0n) is 23.6. The molecule has 1 aliphatic rings. The summed E-state index contributed by atoms with van der Waals surface area (Å²) < 4.78 is 35.1. The van der Waals surface area contributed by atoms with Crippen LogP contribution in [0.3, 0.4) is 0 Å². The molecule has 1 aliphatic heterocycles. The summed E-state index contributed by atoms with van der Waals surface area (Å²) in [5.41, 5.74) is 5.44. The minimum atomic E-state index is -5.10. The number of hydrogen-bond donors (Lipinski definition) is 0. The molecule has 0 saturated carbocycles. The van der Waals surface area contributed by atoms with Crippen LogP contribution in [0, 0.1) is 41.5 Å². The molecule has 0 aromatic heterocycles. The van der Waals surface area contributed by atoms with Gasteiger partial charge in [-0.1, -0.05) is 0 Å². The molecular weight excluding hydrogens is 519 g/mol. The Balaban J connectivity index is 1.69. The summed E-state index contributed by atoms with van der Waals surface area (Å²) in [7, 11) is -5.10. The molecule has 5 nitrogen and oxygen atoms in total. The van der Waals surface area contributed by atoms with Crippen molar-refractivity contribution >= 4 is 18.5 Å². The van der Waals surface area contributed by atoms with Crippen molar-refractivity contribution in [3.63, 3.8) is 0 Å². The Morgan fingerprint density at radius 1 is 0.425 bits per heavy atom. The Labute approximate surface area is 235 Å². The summed E-state index contributed by atoms with van der Waals surface area (Å²) in [6.07, 6.45) is 0. The summed E-state index contributed by atoms with van der Waals surface area (Å²) in [6, 6.07) is 29.7. The molecule has 0 unspecified atom stereocenters. The normalized spacial score (nSPS) is 15.7. The molecule has 0 amide bonds. The maximum absolute atomic E-state index is 7.05. The van der Waals surface area contributed by atoms with E-state index in [9.17, 15) is 0 Å². The van der Waals surface area contributed by atoms with Gasteiger partial charge in [-0.15, -0.1) is 0 Å². The van der Waals surface area contributed by atoms with Gasteiger partial charge in [0, 0.05) is 0 Å². The van der Waals surface area contributed by atoms with E-state index in [4.69, 9.17) is 22.6 Å². The fourth-order valence-corrected chi connectivity index (χ4v) is 8.29. The quantitative estimate of drug-likeness (QED) is 0.196. The monoisotopic (exact) mass is 552 g/mol. The SMILES string of the molecule is Cc1cccc(C)c1OP1(Oc2c(C)cccc2C)(Oc2c(C)cccc2C)Oc2cccc3cccc(c23)O1. The average Bonchev–Trinajstić information content (AvgIpc) is 2.92. The fourth-order valence-electron chi connectivity index (χ4n) is 5.21. The van der Waals surface area contributed by atoms with Crippen LogP contribution in [-0.4, -0.2) is 0 Å². The Hall–Kier alpha value is -4.21. The van der Waals surface area contributed by atoms with Crippen molar-refractivity contribution in [2.75, 3.05) is 0 Å². The molecule has 40 heavy (non-hydrogen) atoms. The molecular formula is C34H33O5P. The zero-order chi connectivity index (χ0) is 28.1. The van der Waals surface area contributed by atoms with Crippen molar-refractivity contribution in [2.24, 2.45) is 0 Å². The van der Waals surface area contributed by atoms with E-state index >= 15 is 0 Å². The summed E-state index contributed by atoms with van der Waals surface area (Å²) in [5, 5.41) is 1.82. The van der Waals surface area contributed by atoms with Crippen LogP contribution in [0.25, 0.3) is 10.8 Å². The number of para-hydroxylation sites is 3. The number of aryl methyl sites for hydroxylation is 6. The van der Waals surface area contributed by atoms with Gasteiger partial charge >= 0.3 is 236 Å². The van der Waals surface area contributed by atoms with Crippen molar-refractivity contribution in [1.29, 1.82) is 0 Å². The Kier molecular flexibility index (Phi) is 6.16. The van der Waals surface area contributed by atoms with E-state index in [-0.39, 0.29) is 0 Å². The third kappa shape index (κ3) is 4.31. The van der Waals surface area contributed by atoms with Crippen LogP contribution in [0.5, 0.6) is 28.7 Å². The van der Waals surface area contributed by atoms with E-state index in [0.717, 1.165) is 44.2 Å². The van der Waals surface area contributed by atoms with Crippen LogP contribution in [0.1, 0.15) is 33.4 Å². The summed E-state index contributed by atoms with van der Waals surface area (Å²) in [5.74, 6) is 2.90. The average molecular weight is 553 g/mol. The molecule has 0 atom stereocenters. The second kappa shape index (κ2) is 9.46. The van der Waals surface area contributed by atoms with Gasteiger partial charge in [0.25, 0.3) is 0 Å². The molecule has 6 rings (SSSR count). The number of hydrogen-bond acceptors (Lipinski definition) is 5. The first-order valence-electron chi connectivity index (χ1n) is 13.4. The first-order valence-corrected chi connectivity index (χ1v) is 15.2. The molecule has 6 heteroatoms. The predicted molar refractivity (Wildman–Crippen MR) is 162 cm³/mol. The fraction of sp³-hybridized carbons (Fsp3) is 0.176.